The summed E-state index contributed by atoms with van der Waals surface area (Å²) in [7, 11) is 0. The van der Waals surface area contributed by atoms with E-state index in [1.54, 1.807) is 6.07 Å². The molecule has 0 saturated heterocycles. The summed E-state index contributed by atoms with van der Waals surface area (Å²) in [5, 5.41) is 3.15. The van der Waals surface area contributed by atoms with Gasteiger partial charge in [0.25, 0.3) is 0 Å². The van der Waals surface area contributed by atoms with Crippen LogP contribution in [0.1, 0.15) is 29.2 Å². The SMILES string of the molecule is CCNCc1c(F)cccc1Oc1cc(C)cc(C)c1C. The summed E-state index contributed by atoms with van der Waals surface area (Å²) in [6.45, 7) is 9.35. The van der Waals surface area contributed by atoms with Crippen LogP contribution in [-0.2, 0) is 6.54 Å². The Hall–Kier alpha value is -1.87. The Morgan fingerprint density at radius 2 is 1.86 bits per heavy atom. The second kappa shape index (κ2) is 6.72. The van der Waals surface area contributed by atoms with Crippen LogP contribution in [0.25, 0.3) is 0 Å². The normalized spacial score (nSPS) is 10.7. The van der Waals surface area contributed by atoms with Crippen molar-refractivity contribution >= 4 is 0 Å². The Balaban J connectivity index is 2.38. The number of aryl methyl sites for hydroxylation is 2. The molecule has 0 heterocycles. The van der Waals surface area contributed by atoms with Crippen LogP contribution in [0.3, 0.4) is 0 Å². The maximum atomic E-state index is 14.0. The molecular weight excluding hydrogens is 265 g/mol. The Morgan fingerprint density at radius 1 is 1.10 bits per heavy atom. The molecule has 1 N–H and O–H groups in total. The summed E-state index contributed by atoms with van der Waals surface area (Å²) in [5.41, 5.74) is 3.96. The van der Waals surface area contributed by atoms with E-state index in [9.17, 15) is 4.39 Å². The molecule has 0 spiro atoms. The molecule has 0 saturated carbocycles. The van der Waals surface area contributed by atoms with Gasteiger partial charge < -0.3 is 10.1 Å². The third-order valence-electron chi connectivity index (χ3n) is 3.61. The first kappa shape index (κ1) is 15.5. The fraction of sp³-hybridized carbons (Fsp3) is 0.333. The van der Waals surface area contributed by atoms with Crippen LogP contribution in [0.15, 0.2) is 30.3 Å². The highest BCUT2D eigenvalue weighted by Gasteiger charge is 2.12. The van der Waals surface area contributed by atoms with Crippen molar-refractivity contribution in [2.24, 2.45) is 0 Å². The predicted molar refractivity (Wildman–Crippen MR) is 84.5 cm³/mol. The van der Waals surface area contributed by atoms with Gasteiger partial charge in [0, 0.05) is 12.1 Å². The minimum atomic E-state index is -0.240. The van der Waals surface area contributed by atoms with Crippen LogP contribution in [0.5, 0.6) is 11.5 Å². The van der Waals surface area contributed by atoms with Gasteiger partial charge in [0.1, 0.15) is 17.3 Å². The molecule has 0 aliphatic carbocycles. The molecule has 0 atom stereocenters. The Kier molecular flexibility index (Phi) is 4.97. The van der Waals surface area contributed by atoms with Crippen LogP contribution < -0.4 is 10.1 Å². The maximum absolute atomic E-state index is 14.0. The van der Waals surface area contributed by atoms with Gasteiger partial charge in [-0.05, 0) is 62.2 Å². The molecule has 2 nitrogen and oxygen atoms in total. The molecule has 2 rings (SSSR count). The Morgan fingerprint density at radius 3 is 2.57 bits per heavy atom. The lowest BCUT2D eigenvalue weighted by molar-refractivity contribution is 0.459. The van der Waals surface area contributed by atoms with Crippen molar-refractivity contribution in [3.63, 3.8) is 0 Å². The molecule has 0 aromatic heterocycles. The molecule has 0 aliphatic rings. The second-order valence-electron chi connectivity index (χ2n) is 5.30. The topological polar surface area (TPSA) is 21.3 Å². The summed E-state index contributed by atoms with van der Waals surface area (Å²) < 4.78 is 20.0. The number of benzene rings is 2. The first-order chi connectivity index (χ1) is 10.0. The van der Waals surface area contributed by atoms with E-state index in [4.69, 9.17) is 4.74 Å². The molecule has 112 valence electrons. The van der Waals surface area contributed by atoms with Crippen LogP contribution in [-0.4, -0.2) is 6.54 Å². The van der Waals surface area contributed by atoms with Gasteiger partial charge in [0.2, 0.25) is 0 Å². The summed E-state index contributed by atoms with van der Waals surface area (Å²) in [5.74, 6) is 1.12. The first-order valence-corrected chi connectivity index (χ1v) is 7.26. The van der Waals surface area contributed by atoms with E-state index < -0.39 is 0 Å². The van der Waals surface area contributed by atoms with Gasteiger partial charge in [-0.25, -0.2) is 4.39 Å². The van der Waals surface area contributed by atoms with Crippen molar-refractivity contribution in [3.8, 4) is 11.5 Å². The first-order valence-electron chi connectivity index (χ1n) is 7.26. The lowest BCUT2D eigenvalue weighted by atomic mass is 10.1. The van der Waals surface area contributed by atoms with Crippen molar-refractivity contribution < 1.29 is 9.13 Å². The highest BCUT2D eigenvalue weighted by molar-refractivity contribution is 5.46. The monoisotopic (exact) mass is 287 g/mol. The van der Waals surface area contributed by atoms with Gasteiger partial charge in [-0.1, -0.05) is 19.1 Å². The van der Waals surface area contributed by atoms with Crippen LogP contribution in [0, 0.1) is 26.6 Å². The van der Waals surface area contributed by atoms with Gasteiger partial charge in [0.05, 0.1) is 0 Å². The van der Waals surface area contributed by atoms with Crippen LogP contribution in [0.4, 0.5) is 4.39 Å². The zero-order valence-corrected chi connectivity index (χ0v) is 13.1. The summed E-state index contributed by atoms with van der Waals surface area (Å²) in [6, 6.07) is 9.07. The molecular formula is C18H22FNO. The molecule has 0 amide bonds. The molecule has 0 bridgehead atoms. The summed E-state index contributed by atoms with van der Waals surface area (Å²) in [6.07, 6.45) is 0. The second-order valence-corrected chi connectivity index (χ2v) is 5.30. The molecule has 3 heteroatoms. The zero-order chi connectivity index (χ0) is 15.4. The molecule has 0 radical (unpaired) electrons. The average molecular weight is 287 g/mol. The third kappa shape index (κ3) is 3.61. The minimum Gasteiger partial charge on any atom is -0.457 e. The fourth-order valence-electron chi connectivity index (χ4n) is 2.28. The quantitative estimate of drug-likeness (QED) is 0.864. The largest absolute Gasteiger partial charge is 0.457 e. The molecule has 21 heavy (non-hydrogen) atoms. The van der Waals surface area contributed by atoms with E-state index >= 15 is 0 Å². The molecule has 0 unspecified atom stereocenters. The van der Waals surface area contributed by atoms with Gasteiger partial charge in [0.15, 0.2) is 0 Å². The molecule has 0 fully saturated rings. The molecule has 2 aromatic carbocycles. The predicted octanol–water partition coefficient (Wildman–Crippen LogP) is 4.65. The molecule has 2 aromatic rings. The van der Waals surface area contributed by atoms with E-state index in [0.717, 1.165) is 23.4 Å². The van der Waals surface area contributed by atoms with Crippen molar-refractivity contribution in [2.75, 3.05) is 6.54 Å². The number of ether oxygens (including phenoxy) is 1. The van der Waals surface area contributed by atoms with Crippen LogP contribution >= 0.6 is 0 Å². The fourth-order valence-corrected chi connectivity index (χ4v) is 2.28. The Bertz CT molecular complexity index is 637. The Labute approximate surface area is 126 Å². The van der Waals surface area contributed by atoms with Crippen molar-refractivity contribution in [3.05, 3.63) is 58.4 Å². The summed E-state index contributed by atoms with van der Waals surface area (Å²) in [4.78, 5) is 0. The maximum Gasteiger partial charge on any atom is 0.134 e. The number of hydrogen-bond donors (Lipinski definition) is 1. The molecule has 0 aliphatic heterocycles. The van der Waals surface area contributed by atoms with Crippen molar-refractivity contribution in [1.29, 1.82) is 0 Å². The lowest BCUT2D eigenvalue weighted by Crippen LogP contribution is -2.13. The standard InChI is InChI=1S/C18H22FNO/c1-5-20-11-15-16(19)7-6-8-17(15)21-18-10-12(2)9-13(3)14(18)4/h6-10,20H,5,11H2,1-4H3. The van der Waals surface area contributed by atoms with Gasteiger partial charge in [-0.15, -0.1) is 0 Å². The van der Waals surface area contributed by atoms with Crippen molar-refractivity contribution in [1.82, 2.24) is 5.32 Å². The number of halogens is 1. The van der Waals surface area contributed by atoms with E-state index in [1.165, 1.54) is 11.6 Å². The zero-order valence-electron chi connectivity index (χ0n) is 13.1. The number of hydrogen-bond acceptors (Lipinski definition) is 2. The minimum absolute atomic E-state index is 0.240. The number of rotatable bonds is 5. The van der Waals surface area contributed by atoms with E-state index in [1.807, 2.05) is 32.9 Å². The van der Waals surface area contributed by atoms with E-state index in [2.05, 4.69) is 18.3 Å². The number of nitrogens with one attached hydrogen (secondary N) is 1. The van der Waals surface area contributed by atoms with Gasteiger partial charge in [-0.2, -0.15) is 0 Å². The smallest absolute Gasteiger partial charge is 0.134 e. The van der Waals surface area contributed by atoms with E-state index in [0.29, 0.717) is 17.9 Å². The van der Waals surface area contributed by atoms with E-state index in [-0.39, 0.29) is 5.82 Å². The summed E-state index contributed by atoms with van der Waals surface area (Å²) >= 11 is 0. The third-order valence-corrected chi connectivity index (χ3v) is 3.61. The highest BCUT2D eigenvalue weighted by atomic mass is 19.1. The highest BCUT2D eigenvalue weighted by Crippen LogP contribution is 2.31. The van der Waals surface area contributed by atoms with Crippen molar-refractivity contribution in [2.45, 2.75) is 34.2 Å². The van der Waals surface area contributed by atoms with Gasteiger partial charge in [-0.3, -0.25) is 0 Å². The lowest BCUT2D eigenvalue weighted by Gasteiger charge is -2.15. The van der Waals surface area contributed by atoms with Crippen LogP contribution in [0.2, 0.25) is 0 Å². The van der Waals surface area contributed by atoms with Gasteiger partial charge >= 0.3 is 0 Å². The average Bonchev–Trinajstić information content (AvgIpc) is 2.43.